The zero-order valence-corrected chi connectivity index (χ0v) is 13.9. The van der Waals surface area contributed by atoms with Gasteiger partial charge in [0.15, 0.2) is 0 Å². The molecule has 0 spiro atoms. The summed E-state index contributed by atoms with van der Waals surface area (Å²) in [4.78, 5) is 24.1. The van der Waals surface area contributed by atoms with E-state index in [1.165, 1.54) is 7.11 Å². The number of carbonyl (C=O) groups excluding carboxylic acids is 2. The van der Waals surface area contributed by atoms with Gasteiger partial charge in [0.25, 0.3) is 0 Å². The minimum atomic E-state index is -0.546. The van der Waals surface area contributed by atoms with Crippen molar-refractivity contribution in [2.75, 3.05) is 19.6 Å². The number of esters is 2. The molecule has 1 fully saturated rings. The molecule has 0 aliphatic heterocycles. The standard InChI is InChI=1S/C13H22O4S2/c1-12(2,3)17-11(15)9-8(10(14)16-4)7-13(9,18-5)19-6/h8-9H,7H2,1-6H3/t8-,9-/m0/s1. The topological polar surface area (TPSA) is 52.6 Å². The van der Waals surface area contributed by atoms with E-state index < -0.39 is 11.5 Å². The van der Waals surface area contributed by atoms with Gasteiger partial charge >= 0.3 is 11.9 Å². The van der Waals surface area contributed by atoms with Crippen LogP contribution in [0.25, 0.3) is 0 Å². The maximum absolute atomic E-state index is 12.3. The van der Waals surface area contributed by atoms with Crippen LogP contribution in [-0.2, 0) is 19.1 Å². The number of rotatable bonds is 4. The van der Waals surface area contributed by atoms with Gasteiger partial charge in [-0.05, 0) is 39.7 Å². The lowest BCUT2D eigenvalue weighted by Gasteiger charge is -2.50. The van der Waals surface area contributed by atoms with Crippen LogP contribution < -0.4 is 0 Å². The van der Waals surface area contributed by atoms with E-state index >= 15 is 0 Å². The minimum Gasteiger partial charge on any atom is -0.469 e. The second kappa shape index (κ2) is 5.95. The summed E-state index contributed by atoms with van der Waals surface area (Å²) in [5.74, 6) is -1.46. The first-order chi connectivity index (χ1) is 8.70. The van der Waals surface area contributed by atoms with Gasteiger partial charge in [0, 0.05) is 0 Å². The van der Waals surface area contributed by atoms with Crippen LogP contribution in [0, 0.1) is 11.8 Å². The van der Waals surface area contributed by atoms with Gasteiger partial charge < -0.3 is 9.47 Å². The van der Waals surface area contributed by atoms with E-state index in [0.717, 1.165) is 0 Å². The molecule has 0 aromatic rings. The van der Waals surface area contributed by atoms with E-state index in [4.69, 9.17) is 9.47 Å². The highest BCUT2D eigenvalue weighted by atomic mass is 32.2. The van der Waals surface area contributed by atoms with Gasteiger partial charge in [-0.3, -0.25) is 9.59 Å². The predicted octanol–water partition coefficient (Wildman–Crippen LogP) is 2.56. The minimum absolute atomic E-state index is 0.277. The van der Waals surface area contributed by atoms with Crippen LogP contribution in [0.15, 0.2) is 0 Å². The number of thioether (sulfide) groups is 2. The van der Waals surface area contributed by atoms with Gasteiger partial charge in [-0.2, -0.15) is 0 Å². The van der Waals surface area contributed by atoms with Crippen molar-refractivity contribution in [2.45, 2.75) is 36.9 Å². The third-order valence-electron chi connectivity index (χ3n) is 3.24. The van der Waals surface area contributed by atoms with Crippen molar-refractivity contribution in [3.63, 3.8) is 0 Å². The Labute approximate surface area is 123 Å². The fourth-order valence-corrected chi connectivity index (χ4v) is 4.67. The number of ether oxygens (including phenoxy) is 2. The van der Waals surface area contributed by atoms with Crippen molar-refractivity contribution >= 4 is 35.5 Å². The van der Waals surface area contributed by atoms with Crippen molar-refractivity contribution in [2.24, 2.45) is 11.8 Å². The lowest BCUT2D eigenvalue weighted by molar-refractivity contribution is -0.174. The first-order valence-corrected chi connectivity index (χ1v) is 8.56. The molecule has 2 atom stereocenters. The number of carbonyl (C=O) groups is 2. The summed E-state index contributed by atoms with van der Waals surface area (Å²) in [6, 6.07) is 0. The predicted molar refractivity (Wildman–Crippen MR) is 79.2 cm³/mol. The van der Waals surface area contributed by atoms with Crippen LogP contribution in [0.3, 0.4) is 0 Å². The van der Waals surface area contributed by atoms with Crippen molar-refractivity contribution < 1.29 is 19.1 Å². The molecule has 0 amide bonds. The molecule has 0 saturated heterocycles. The Hall–Kier alpha value is -0.360. The van der Waals surface area contributed by atoms with Crippen LogP contribution >= 0.6 is 23.5 Å². The fourth-order valence-electron chi connectivity index (χ4n) is 2.28. The molecule has 0 aromatic heterocycles. The van der Waals surface area contributed by atoms with Crippen LogP contribution in [0.2, 0.25) is 0 Å². The molecule has 4 nitrogen and oxygen atoms in total. The molecule has 1 aliphatic rings. The van der Waals surface area contributed by atoms with Crippen LogP contribution in [0.5, 0.6) is 0 Å². The Morgan fingerprint density at radius 2 is 1.68 bits per heavy atom. The van der Waals surface area contributed by atoms with Gasteiger partial charge in [-0.25, -0.2) is 0 Å². The molecule has 1 aliphatic carbocycles. The molecule has 19 heavy (non-hydrogen) atoms. The van der Waals surface area contributed by atoms with E-state index in [1.807, 2.05) is 33.3 Å². The lowest BCUT2D eigenvalue weighted by atomic mass is 9.72. The summed E-state index contributed by atoms with van der Waals surface area (Å²) in [5, 5.41) is 0. The first kappa shape index (κ1) is 16.7. The van der Waals surface area contributed by atoms with Gasteiger partial charge in [-0.15, -0.1) is 23.5 Å². The third kappa shape index (κ3) is 3.40. The second-order valence-electron chi connectivity index (χ2n) is 5.57. The summed E-state index contributed by atoms with van der Waals surface area (Å²) in [6.07, 6.45) is 4.56. The highest BCUT2D eigenvalue weighted by molar-refractivity contribution is 8.17. The number of hydrogen-bond acceptors (Lipinski definition) is 6. The summed E-state index contributed by atoms with van der Waals surface area (Å²) in [5.41, 5.74) is -0.546. The Morgan fingerprint density at radius 1 is 1.16 bits per heavy atom. The van der Waals surface area contributed by atoms with Gasteiger partial charge in [0.2, 0.25) is 0 Å². The molecule has 1 rings (SSSR count). The van der Waals surface area contributed by atoms with Crippen molar-refractivity contribution in [1.82, 2.24) is 0 Å². The second-order valence-corrected chi connectivity index (χ2v) is 8.10. The van der Waals surface area contributed by atoms with E-state index in [1.54, 1.807) is 23.5 Å². The number of methoxy groups -OCH3 is 1. The molecule has 0 heterocycles. The molecule has 0 N–H and O–H groups in total. The van der Waals surface area contributed by atoms with Crippen LogP contribution in [0.4, 0.5) is 0 Å². The monoisotopic (exact) mass is 306 g/mol. The molecule has 0 unspecified atom stereocenters. The zero-order valence-electron chi connectivity index (χ0n) is 12.3. The van der Waals surface area contributed by atoms with E-state index in [0.29, 0.717) is 6.42 Å². The Balaban J connectivity index is 2.93. The Kier molecular flexibility index (Phi) is 5.23. The molecule has 110 valence electrons. The van der Waals surface area contributed by atoms with Crippen LogP contribution in [-0.4, -0.2) is 41.2 Å². The SMILES string of the molecule is COC(=O)[C@H]1CC(SC)(SC)[C@@H]1C(=O)OC(C)(C)C. The summed E-state index contributed by atoms with van der Waals surface area (Å²) in [6.45, 7) is 5.49. The number of hydrogen-bond donors (Lipinski definition) is 0. The maximum Gasteiger partial charge on any atom is 0.312 e. The summed E-state index contributed by atoms with van der Waals surface area (Å²) >= 11 is 3.21. The highest BCUT2D eigenvalue weighted by Gasteiger charge is 2.61. The van der Waals surface area contributed by atoms with Crippen LogP contribution in [0.1, 0.15) is 27.2 Å². The van der Waals surface area contributed by atoms with Crippen molar-refractivity contribution in [3.8, 4) is 0 Å². The molecular weight excluding hydrogens is 284 g/mol. The fraction of sp³-hybridized carbons (Fsp3) is 0.846. The molecule has 0 bridgehead atoms. The van der Waals surface area contributed by atoms with E-state index in [-0.39, 0.29) is 21.9 Å². The van der Waals surface area contributed by atoms with Crippen molar-refractivity contribution in [1.29, 1.82) is 0 Å². The van der Waals surface area contributed by atoms with E-state index in [2.05, 4.69) is 0 Å². The molecular formula is C13H22O4S2. The summed E-state index contributed by atoms with van der Waals surface area (Å²) in [7, 11) is 1.35. The molecule has 0 aromatic carbocycles. The largest absolute Gasteiger partial charge is 0.469 e. The smallest absolute Gasteiger partial charge is 0.312 e. The average molecular weight is 306 g/mol. The van der Waals surface area contributed by atoms with Gasteiger partial charge in [0.05, 0.1) is 23.0 Å². The average Bonchev–Trinajstić information content (AvgIpc) is 2.26. The quantitative estimate of drug-likeness (QED) is 0.588. The van der Waals surface area contributed by atoms with Gasteiger partial charge in [-0.1, -0.05) is 0 Å². The third-order valence-corrected chi connectivity index (χ3v) is 6.46. The molecule has 1 saturated carbocycles. The normalized spacial score (nSPS) is 25.4. The first-order valence-electron chi connectivity index (χ1n) is 6.11. The summed E-state index contributed by atoms with van der Waals surface area (Å²) < 4.78 is 9.96. The molecule has 6 heteroatoms. The van der Waals surface area contributed by atoms with E-state index in [9.17, 15) is 9.59 Å². The molecule has 0 radical (unpaired) electrons. The lowest BCUT2D eigenvalue weighted by Crippen LogP contribution is -2.57. The highest BCUT2D eigenvalue weighted by Crippen LogP contribution is 2.58. The Morgan fingerprint density at radius 3 is 2.05 bits per heavy atom. The Bertz CT molecular complexity index is 358. The van der Waals surface area contributed by atoms with Crippen molar-refractivity contribution in [3.05, 3.63) is 0 Å². The van der Waals surface area contributed by atoms with Gasteiger partial charge in [0.1, 0.15) is 5.60 Å². The zero-order chi connectivity index (χ0) is 14.8. The maximum atomic E-state index is 12.3.